The number of nitrogens with two attached hydrogens (primary N) is 1. The van der Waals surface area contributed by atoms with E-state index in [1.165, 1.54) is 14.2 Å². The van der Waals surface area contributed by atoms with E-state index in [-0.39, 0.29) is 11.8 Å². The third kappa shape index (κ3) is 2.82. The second-order valence-electron chi connectivity index (χ2n) is 4.19. The fraction of sp³-hybridized carbons (Fsp3) is 0.538. The van der Waals surface area contributed by atoms with Crippen LogP contribution in [0.25, 0.3) is 0 Å². The van der Waals surface area contributed by atoms with Gasteiger partial charge in [0.15, 0.2) is 11.5 Å². The highest BCUT2D eigenvalue weighted by Gasteiger charge is 2.18. The molecule has 2 atom stereocenters. The van der Waals surface area contributed by atoms with Crippen LogP contribution in [0.2, 0.25) is 0 Å². The maximum absolute atomic E-state index is 9.80. The Hall–Kier alpha value is -1.42. The van der Waals surface area contributed by atoms with Gasteiger partial charge in [-0.15, -0.1) is 0 Å². The molecule has 0 aliphatic carbocycles. The average molecular weight is 239 g/mol. The first-order chi connectivity index (χ1) is 8.04. The Balaban J connectivity index is 3.17. The molecule has 0 saturated carbocycles. The highest BCUT2D eigenvalue weighted by Crippen LogP contribution is 2.39. The van der Waals surface area contributed by atoms with Gasteiger partial charge in [0.2, 0.25) is 5.75 Å². The number of aromatic hydroxyl groups is 1. The predicted molar refractivity (Wildman–Crippen MR) is 67.6 cm³/mol. The topological polar surface area (TPSA) is 64.7 Å². The number of phenolic OH excluding ortho intramolecular Hbond substituents is 1. The second kappa shape index (κ2) is 5.77. The van der Waals surface area contributed by atoms with Crippen molar-refractivity contribution in [3.63, 3.8) is 0 Å². The van der Waals surface area contributed by atoms with Gasteiger partial charge in [-0.2, -0.15) is 0 Å². The summed E-state index contributed by atoms with van der Waals surface area (Å²) in [6.07, 6.45) is 0.993. The average Bonchev–Trinajstić information content (AvgIpc) is 2.37. The van der Waals surface area contributed by atoms with Crippen LogP contribution in [-0.2, 0) is 0 Å². The Morgan fingerprint density at radius 1 is 1.24 bits per heavy atom. The van der Waals surface area contributed by atoms with Crippen LogP contribution in [0, 0.1) is 5.92 Å². The van der Waals surface area contributed by atoms with Gasteiger partial charge in [0.05, 0.1) is 14.2 Å². The molecule has 96 valence electrons. The molecular formula is C13H21NO3. The predicted octanol–water partition coefficient (Wildman–Crippen LogP) is 2.46. The second-order valence-corrected chi connectivity index (χ2v) is 4.19. The number of rotatable bonds is 5. The maximum Gasteiger partial charge on any atom is 0.200 e. The van der Waals surface area contributed by atoms with Crippen LogP contribution in [0.3, 0.4) is 0 Å². The molecule has 1 unspecified atom stereocenters. The summed E-state index contributed by atoms with van der Waals surface area (Å²) in [7, 11) is 3.01. The summed E-state index contributed by atoms with van der Waals surface area (Å²) in [5.41, 5.74) is 7.06. The van der Waals surface area contributed by atoms with Crippen molar-refractivity contribution in [3.8, 4) is 17.2 Å². The molecule has 0 radical (unpaired) electrons. The highest BCUT2D eigenvalue weighted by atomic mass is 16.5. The number of benzene rings is 1. The summed E-state index contributed by atoms with van der Waals surface area (Å²) >= 11 is 0. The molecule has 0 fully saturated rings. The monoisotopic (exact) mass is 239 g/mol. The molecule has 4 nitrogen and oxygen atoms in total. The van der Waals surface area contributed by atoms with Crippen LogP contribution < -0.4 is 15.2 Å². The van der Waals surface area contributed by atoms with E-state index in [1.54, 1.807) is 12.1 Å². The molecule has 0 amide bonds. The Morgan fingerprint density at radius 3 is 2.06 bits per heavy atom. The summed E-state index contributed by atoms with van der Waals surface area (Å²) in [5.74, 6) is 1.14. The number of hydrogen-bond acceptors (Lipinski definition) is 4. The van der Waals surface area contributed by atoms with Crippen molar-refractivity contribution in [1.82, 2.24) is 0 Å². The van der Waals surface area contributed by atoms with Crippen molar-refractivity contribution < 1.29 is 14.6 Å². The summed E-state index contributed by atoms with van der Waals surface area (Å²) in [6.45, 7) is 4.19. The summed E-state index contributed by atoms with van der Waals surface area (Å²) in [6, 6.07) is 3.42. The summed E-state index contributed by atoms with van der Waals surface area (Å²) in [4.78, 5) is 0. The molecule has 0 bridgehead atoms. The molecular weight excluding hydrogens is 218 g/mol. The molecule has 0 aromatic heterocycles. The zero-order valence-electron chi connectivity index (χ0n) is 10.9. The lowest BCUT2D eigenvalue weighted by molar-refractivity contribution is 0.337. The lowest BCUT2D eigenvalue weighted by Crippen LogP contribution is -2.18. The first-order valence-corrected chi connectivity index (χ1v) is 5.75. The van der Waals surface area contributed by atoms with Gasteiger partial charge in [-0.3, -0.25) is 0 Å². The van der Waals surface area contributed by atoms with Crippen molar-refractivity contribution in [2.45, 2.75) is 26.3 Å². The normalized spacial score (nSPS) is 14.2. The third-order valence-corrected chi connectivity index (χ3v) is 3.14. The largest absolute Gasteiger partial charge is 0.502 e. The quantitative estimate of drug-likeness (QED) is 0.828. The van der Waals surface area contributed by atoms with Gasteiger partial charge in [-0.1, -0.05) is 20.3 Å². The maximum atomic E-state index is 9.80. The van der Waals surface area contributed by atoms with Gasteiger partial charge >= 0.3 is 0 Å². The van der Waals surface area contributed by atoms with E-state index in [0.717, 1.165) is 12.0 Å². The van der Waals surface area contributed by atoms with E-state index in [1.807, 2.05) is 0 Å². The van der Waals surface area contributed by atoms with Crippen molar-refractivity contribution in [1.29, 1.82) is 0 Å². The first kappa shape index (κ1) is 13.6. The molecule has 4 heteroatoms. The van der Waals surface area contributed by atoms with Crippen LogP contribution in [0.15, 0.2) is 12.1 Å². The molecule has 3 N–H and O–H groups in total. The molecule has 0 heterocycles. The van der Waals surface area contributed by atoms with E-state index < -0.39 is 0 Å². The minimum absolute atomic E-state index is 0.00935. The molecule has 0 saturated heterocycles. The number of phenols is 1. The fourth-order valence-electron chi connectivity index (χ4n) is 1.69. The van der Waals surface area contributed by atoms with Crippen LogP contribution in [0.1, 0.15) is 31.9 Å². The molecule has 17 heavy (non-hydrogen) atoms. The van der Waals surface area contributed by atoms with Crippen molar-refractivity contribution in [3.05, 3.63) is 17.7 Å². The highest BCUT2D eigenvalue weighted by molar-refractivity contribution is 5.53. The fourth-order valence-corrected chi connectivity index (χ4v) is 1.69. The standard InChI is InChI=1S/C13H21NO3/c1-5-8(2)12(14)9-6-10(16-3)13(15)11(7-9)17-4/h6-8,12,15H,5,14H2,1-4H3/t8?,12-/m1/s1. The van der Waals surface area contributed by atoms with E-state index >= 15 is 0 Å². The van der Waals surface area contributed by atoms with Crippen molar-refractivity contribution in [2.75, 3.05) is 14.2 Å². The molecule has 0 aliphatic rings. The molecule has 1 rings (SSSR count). The van der Waals surface area contributed by atoms with E-state index in [4.69, 9.17) is 15.2 Å². The number of methoxy groups -OCH3 is 2. The van der Waals surface area contributed by atoms with E-state index in [9.17, 15) is 5.11 Å². The lowest BCUT2D eigenvalue weighted by atomic mass is 9.93. The minimum atomic E-state index is -0.0941. The Bertz CT molecular complexity index is 354. The minimum Gasteiger partial charge on any atom is -0.502 e. The molecule has 1 aromatic carbocycles. The van der Waals surface area contributed by atoms with E-state index in [2.05, 4.69) is 13.8 Å². The Morgan fingerprint density at radius 2 is 1.71 bits per heavy atom. The van der Waals surface area contributed by atoms with Gasteiger partial charge in [0, 0.05) is 6.04 Å². The first-order valence-electron chi connectivity index (χ1n) is 5.75. The molecule has 1 aromatic rings. The van der Waals surface area contributed by atoms with Crippen LogP contribution in [0.5, 0.6) is 17.2 Å². The zero-order valence-corrected chi connectivity index (χ0v) is 10.9. The summed E-state index contributed by atoms with van der Waals surface area (Å²) < 4.78 is 10.2. The van der Waals surface area contributed by atoms with Crippen LogP contribution >= 0.6 is 0 Å². The van der Waals surface area contributed by atoms with Gasteiger partial charge in [-0.25, -0.2) is 0 Å². The van der Waals surface area contributed by atoms with E-state index in [0.29, 0.717) is 17.4 Å². The summed E-state index contributed by atoms with van der Waals surface area (Å²) in [5, 5.41) is 9.80. The third-order valence-electron chi connectivity index (χ3n) is 3.14. The van der Waals surface area contributed by atoms with Crippen LogP contribution in [0.4, 0.5) is 0 Å². The van der Waals surface area contributed by atoms with Crippen molar-refractivity contribution >= 4 is 0 Å². The Labute approximate surface area is 102 Å². The van der Waals surface area contributed by atoms with Crippen molar-refractivity contribution in [2.24, 2.45) is 11.7 Å². The lowest BCUT2D eigenvalue weighted by Gasteiger charge is -2.20. The van der Waals surface area contributed by atoms with Gasteiger partial charge in [0.25, 0.3) is 0 Å². The number of hydrogen-bond donors (Lipinski definition) is 2. The molecule has 0 spiro atoms. The van der Waals surface area contributed by atoms with Crippen LogP contribution in [-0.4, -0.2) is 19.3 Å². The van der Waals surface area contributed by atoms with Gasteiger partial charge in [-0.05, 0) is 23.6 Å². The van der Waals surface area contributed by atoms with Gasteiger partial charge in [0.1, 0.15) is 0 Å². The zero-order chi connectivity index (χ0) is 13.0. The number of ether oxygens (including phenoxy) is 2. The molecule has 0 aliphatic heterocycles. The Kier molecular flexibility index (Phi) is 4.63. The SMILES string of the molecule is CCC(C)[C@@H](N)c1cc(OC)c(O)c(OC)c1. The van der Waals surface area contributed by atoms with Gasteiger partial charge < -0.3 is 20.3 Å². The smallest absolute Gasteiger partial charge is 0.200 e.